The molecule has 0 aromatic carbocycles. The highest BCUT2D eigenvalue weighted by Crippen LogP contribution is 2.20. The molecular formula is C13H22N2O. The third-order valence-electron chi connectivity index (χ3n) is 3.72. The van der Waals surface area contributed by atoms with Gasteiger partial charge in [-0.1, -0.05) is 11.6 Å². The van der Waals surface area contributed by atoms with Crippen LogP contribution in [0.1, 0.15) is 33.1 Å². The van der Waals surface area contributed by atoms with Crippen LogP contribution in [0.3, 0.4) is 0 Å². The van der Waals surface area contributed by atoms with E-state index in [1.807, 2.05) is 4.90 Å². The minimum Gasteiger partial charge on any atom is -0.338 e. The molecular weight excluding hydrogens is 200 g/mol. The Morgan fingerprint density at radius 2 is 2.38 bits per heavy atom. The molecule has 90 valence electrons. The van der Waals surface area contributed by atoms with Crippen molar-refractivity contribution in [1.29, 1.82) is 0 Å². The smallest absolute Gasteiger partial charge is 0.226 e. The zero-order valence-electron chi connectivity index (χ0n) is 10.3. The van der Waals surface area contributed by atoms with E-state index in [1.165, 1.54) is 5.57 Å². The summed E-state index contributed by atoms with van der Waals surface area (Å²) in [5.74, 6) is 0.625. The van der Waals surface area contributed by atoms with Crippen molar-refractivity contribution >= 4 is 5.91 Å². The molecule has 0 aromatic rings. The summed E-state index contributed by atoms with van der Waals surface area (Å²) in [6.45, 7) is 7.04. The van der Waals surface area contributed by atoms with Gasteiger partial charge in [-0.05, 0) is 39.7 Å². The topological polar surface area (TPSA) is 32.3 Å². The number of hydrogen-bond acceptors (Lipinski definition) is 2. The Bertz CT molecular complexity index is 298. The lowest BCUT2D eigenvalue weighted by molar-refractivity contribution is -0.136. The normalized spacial score (nSPS) is 31.1. The number of piperidine rings is 1. The highest BCUT2D eigenvalue weighted by Gasteiger charge is 2.28. The molecule has 16 heavy (non-hydrogen) atoms. The Morgan fingerprint density at radius 3 is 3.00 bits per heavy atom. The predicted molar refractivity (Wildman–Crippen MR) is 65.1 cm³/mol. The molecule has 2 atom stereocenters. The Balaban J connectivity index is 1.92. The fourth-order valence-electron chi connectivity index (χ4n) is 2.59. The zero-order chi connectivity index (χ0) is 11.5. The second-order valence-electron chi connectivity index (χ2n) is 5.16. The maximum atomic E-state index is 12.3. The summed E-state index contributed by atoms with van der Waals surface area (Å²) in [6.07, 6.45) is 5.23. The highest BCUT2D eigenvalue weighted by molar-refractivity contribution is 5.79. The van der Waals surface area contributed by atoms with Crippen LogP contribution in [-0.4, -0.2) is 36.5 Å². The molecule has 3 heteroatoms. The Hall–Kier alpha value is -0.830. The van der Waals surface area contributed by atoms with Crippen LogP contribution in [0.5, 0.6) is 0 Å². The van der Waals surface area contributed by atoms with E-state index >= 15 is 0 Å². The first-order valence-corrected chi connectivity index (χ1v) is 6.34. The van der Waals surface area contributed by atoms with Crippen LogP contribution in [0.25, 0.3) is 0 Å². The van der Waals surface area contributed by atoms with Gasteiger partial charge in [0, 0.05) is 25.0 Å². The van der Waals surface area contributed by atoms with Gasteiger partial charge in [0.2, 0.25) is 5.91 Å². The summed E-state index contributed by atoms with van der Waals surface area (Å²) < 4.78 is 0. The van der Waals surface area contributed by atoms with E-state index in [0.717, 1.165) is 38.9 Å². The van der Waals surface area contributed by atoms with Gasteiger partial charge in [0.15, 0.2) is 0 Å². The van der Waals surface area contributed by atoms with Gasteiger partial charge in [-0.15, -0.1) is 0 Å². The van der Waals surface area contributed by atoms with Crippen molar-refractivity contribution in [3.05, 3.63) is 11.6 Å². The molecule has 0 saturated carbocycles. The zero-order valence-corrected chi connectivity index (χ0v) is 10.3. The van der Waals surface area contributed by atoms with E-state index in [2.05, 4.69) is 25.2 Å². The maximum Gasteiger partial charge on any atom is 0.226 e. The van der Waals surface area contributed by atoms with Crippen molar-refractivity contribution in [1.82, 2.24) is 10.2 Å². The van der Waals surface area contributed by atoms with E-state index in [-0.39, 0.29) is 5.92 Å². The summed E-state index contributed by atoms with van der Waals surface area (Å²) in [5, 5.41) is 3.39. The van der Waals surface area contributed by atoms with Crippen molar-refractivity contribution in [3.63, 3.8) is 0 Å². The van der Waals surface area contributed by atoms with Crippen molar-refractivity contribution in [3.8, 4) is 0 Å². The van der Waals surface area contributed by atoms with Gasteiger partial charge < -0.3 is 10.2 Å². The van der Waals surface area contributed by atoms with Crippen LogP contribution in [0, 0.1) is 5.92 Å². The lowest BCUT2D eigenvalue weighted by Gasteiger charge is -2.33. The SMILES string of the molecule is CC1=CCN(C(=O)C2CCNC(C)C2)CC1. The van der Waals surface area contributed by atoms with Gasteiger partial charge in [0.1, 0.15) is 0 Å². The summed E-state index contributed by atoms with van der Waals surface area (Å²) in [7, 11) is 0. The van der Waals surface area contributed by atoms with Crippen molar-refractivity contribution in [2.45, 2.75) is 39.2 Å². The summed E-state index contributed by atoms with van der Waals surface area (Å²) in [6, 6.07) is 0.491. The van der Waals surface area contributed by atoms with E-state index in [0.29, 0.717) is 11.9 Å². The Kier molecular flexibility index (Phi) is 3.64. The molecule has 1 amide bonds. The fraction of sp³-hybridized carbons (Fsp3) is 0.769. The molecule has 1 saturated heterocycles. The first-order valence-electron chi connectivity index (χ1n) is 6.34. The van der Waals surface area contributed by atoms with E-state index in [1.54, 1.807) is 0 Å². The van der Waals surface area contributed by atoms with Crippen molar-refractivity contribution < 1.29 is 4.79 Å². The number of carbonyl (C=O) groups is 1. The van der Waals surface area contributed by atoms with Gasteiger partial charge in [0.25, 0.3) is 0 Å². The van der Waals surface area contributed by atoms with E-state index < -0.39 is 0 Å². The number of carbonyl (C=O) groups excluding carboxylic acids is 1. The second kappa shape index (κ2) is 5.00. The molecule has 2 aliphatic heterocycles. The minimum atomic E-state index is 0.253. The number of amides is 1. The van der Waals surface area contributed by atoms with Gasteiger partial charge >= 0.3 is 0 Å². The van der Waals surface area contributed by atoms with Gasteiger partial charge in [-0.25, -0.2) is 0 Å². The van der Waals surface area contributed by atoms with E-state index in [4.69, 9.17) is 0 Å². The number of nitrogens with one attached hydrogen (secondary N) is 1. The quantitative estimate of drug-likeness (QED) is 0.683. The average molecular weight is 222 g/mol. The molecule has 0 aromatic heterocycles. The van der Waals surface area contributed by atoms with Crippen molar-refractivity contribution in [2.75, 3.05) is 19.6 Å². The van der Waals surface area contributed by atoms with E-state index in [9.17, 15) is 4.79 Å². The molecule has 1 fully saturated rings. The first-order chi connectivity index (χ1) is 7.66. The van der Waals surface area contributed by atoms with Crippen LogP contribution >= 0.6 is 0 Å². The standard InChI is InChI=1S/C13H22N2O/c1-10-4-7-15(8-5-10)13(16)12-3-6-14-11(2)9-12/h4,11-12,14H,3,5-9H2,1-2H3. The molecule has 0 radical (unpaired) electrons. The predicted octanol–water partition coefficient (Wildman–Crippen LogP) is 1.55. The molecule has 0 spiro atoms. The molecule has 2 rings (SSSR count). The first kappa shape index (κ1) is 11.6. The third-order valence-corrected chi connectivity index (χ3v) is 3.72. The number of rotatable bonds is 1. The van der Waals surface area contributed by atoms with Gasteiger partial charge in [0.05, 0.1) is 0 Å². The highest BCUT2D eigenvalue weighted by atomic mass is 16.2. The lowest BCUT2D eigenvalue weighted by atomic mass is 9.91. The average Bonchev–Trinajstić information content (AvgIpc) is 2.29. The summed E-state index contributed by atoms with van der Waals surface area (Å²) >= 11 is 0. The molecule has 2 heterocycles. The van der Waals surface area contributed by atoms with Crippen LogP contribution in [0.2, 0.25) is 0 Å². The molecule has 3 nitrogen and oxygen atoms in total. The Labute approximate surface area is 97.9 Å². The molecule has 0 bridgehead atoms. The number of nitrogens with zero attached hydrogens (tertiary/aromatic N) is 1. The number of hydrogen-bond donors (Lipinski definition) is 1. The third kappa shape index (κ3) is 2.64. The Morgan fingerprint density at radius 1 is 1.56 bits per heavy atom. The second-order valence-corrected chi connectivity index (χ2v) is 5.16. The van der Waals surface area contributed by atoms with Crippen LogP contribution < -0.4 is 5.32 Å². The fourth-order valence-corrected chi connectivity index (χ4v) is 2.59. The summed E-state index contributed by atoms with van der Waals surface area (Å²) in [4.78, 5) is 14.3. The molecule has 1 N–H and O–H groups in total. The molecule has 0 aliphatic carbocycles. The largest absolute Gasteiger partial charge is 0.338 e. The lowest BCUT2D eigenvalue weighted by Crippen LogP contribution is -2.45. The van der Waals surface area contributed by atoms with Crippen LogP contribution in [0.4, 0.5) is 0 Å². The van der Waals surface area contributed by atoms with Crippen LogP contribution in [0.15, 0.2) is 11.6 Å². The van der Waals surface area contributed by atoms with Gasteiger partial charge in [-0.3, -0.25) is 4.79 Å². The molecule has 2 aliphatic rings. The molecule has 2 unspecified atom stereocenters. The maximum absolute atomic E-state index is 12.3. The monoisotopic (exact) mass is 222 g/mol. The summed E-state index contributed by atoms with van der Waals surface area (Å²) in [5.41, 5.74) is 1.42. The van der Waals surface area contributed by atoms with Crippen molar-refractivity contribution in [2.24, 2.45) is 5.92 Å². The minimum absolute atomic E-state index is 0.253. The van der Waals surface area contributed by atoms with Gasteiger partial charge in [-0.2, -0.15) is 0 Å². The van der Waals surface area contributed by atoms with Crippen LogP contribution in [-0.2, 0) is 4.79 Å².